The van der Waals surface area contributed by atoms with Crippen LogP contribution in [0.5, 0.6) is 0 Å². The Morgan fingerprint density at radius 3 is 2.57 bits per heavy atom. The Balaban J connectivity index is 1.55. The van der Waals surface area contributed by atoms with E-state index >= 15 is 0 Å². The van der Waals surface area contributed by atoms with Gasteiger partial charge in [-0.25, -0.2) is 4.39 Å². The normalized spacial score (nSPS) is 21.7. The predicted molar refractivity (Wildman–Crippen MR) is 80.8 cm³/mol. The Kier molecular flexibility index (Phi) is 4.55. The van der Waals surface area contributed by atoms with E-state index in [-0.39, 0.29) is 5.82 Å². The summed E-state index contributed by atoms with van der Waals surface area (Å²) >= 11 is 0. The fraction of sp³-hybridized carbons (Fsp3) is 0.667. The molecule has 2 fully saturated rings. The molecule has 1 aromatic rings. The van der Waals surface area contributed by atoms with E-state index in [2.05, 4.69) is 14.8 Å². The first kappa shape index (κ1) is 14.5. The zero-order chi connectivity index (χ0) is 14.7. The maximum absolute atomic E-state index is 13.9. The molecule has 3 heterocycles. The van der Waals surface area contributed by atoms with Gasteiger partial charge in [-0.3, -0.25) is 9.88 Å². The third kappa shape index (κ3) is 3.44. The van der Waals surface area contributed by atoms with Crippen LogP contribution >= 0.6 is 0 Å². The van der Waals surface area contributed by atoms with Gasteiger partial charge in [-0.2, -0.15) is 0 Å². The Morgan fingerprint density at radius 1 is 1.19 bits per heavy atom. The quantitative estimate of drug-likeness (QED) is 0.912. The first-order chi connectivity index (χ1) is 10.2. The van der Waals surface area contributed by atoms with E-state index in [9.17, 15) is 4.39 Å². The summed E-state index contributed by atoms with van der Waals surface area (Å²) in [5.41, 5.74) is 6.83. The molecule has 0 spiro atoms. The zero-order valence-corrected chi connectivity index (χ0v) is 12.3. The van der Waals surface area contributed by atoms with Crippen LogP contribution in [0.2, 0.25) is 0 Å². The van der Waals surface area contributed by atoms with Gasteiger partial charge in [-0.1, -0.05) is 0 Å². The Bertz CT molecular complexity index is 450. The Morgan fingerprint density at radius 2 is 1.90 bits per heavy atom. The van der Waals surface area contributed by atoms with Gasteiger partial charge in [-0.15, -0.1) is 0 Å². The molecular formula is C15H23FN4O. The minimum atomic E-state index is -0.318. The second-order valence-electron chi connectivity index (χ2n) is 5.90. The lowest BCUT2D eigenvalue weighted by molar-refractivity contribution is 0.0289. The highest BCUT2D eigenvalue weighted by Crippen LogP contribution is 2.30. The van der Waals surface area contributed by atoms with Gasteiger partial charge in [0, 0.05) is 32.7 Å². The van der Waals surface area contributed by atoms with Crippen LogP contribution in [0.3, 0.4) is 0 Å². The van der Waals surface area contributed by atoms with E-state index in [0.29, 0.717) is 17.3 Å². The lowest BCUT2D eigenvalue weighted by atomic mass is 9.95. The Hall–Kier alpha value is -1.40. The van der Waals surface area contributed by atoms with Gasteiger partial charge in [0.2, 0.25) is 0 Å². The number of nitrogens with zero attached hydrogens (tertiary/aromatic N) is 3. The summed E-state index contributed by atoms with van der Waals surface area (Å²) in [6, 6.07) is 0. The predicted octanol–water partition coefficient (Wildman–Crippen LogP) is 1.35. The summed E-state index contributed by atoms with van der Waals surface area (Å²) in [6.07, 6.45) is 4.93. The van der Waals surface area contributed by atoms with Crippen molar-refractivity contribution >= 4 is 11.4 Å². The lowest BCUT2D eigenvalue weighted by Crippen LogP contribution is -2.43. The number of nitrogens with two attached hydrogens (primary N) is 1. The van der Waals surface area contributed by atoms with Crippen LogP contribution in [0.1, 0.15) is 12.8 Å². The molecule has 0 aromatic carbocycles. The molecule has 0 amide bonds. The minimum Gasteiger partial charge on any atom is -0.396 e. The van der Waals surface area contributed by atoms with Crippen LogP contribution in [0.4, 0.5) is 15.8 Å². The van der Waals surface area contributed by atoms with Crippen molar-refractivity contribution in [2.24, 2.45) is 5.92 Å². The molecule has 21 heavy (non-hydrogen) atoms. The number of ether oxygens (including phenoxy) is 1. The van der Waals surface area contributed by atoms with Crippen LogP contribution in [0.15, 0.2) is 12.4 Å². The van der Waals surface area contributed by atoms with Crippen molar-refractivity contribution in [1.82, 2.24) is 9.88 Å². The topological polar surface area (TPSA) is 54.6 Å². The van der Waals surface area contributed by atoms with Gasteiger partial charge in [0.25, 0.3) is 0 Å². The number of anilines is 2. The van der Waals surface area contributed by atoms with E-state index in [1.807, 2.05) is 0 Å². The van der Waals surface area contributed by atoms with Gasteiger partial charge >= 0.3 is 0 Å². The highest BCUT2D eigenvalue weighted by Gasteiger charge is 2.25. The largest absolute Gasteiger partial charge is 0.396 e. The van der Waals surface area contributed by atoms with E-state index in [0.717, 1.165) is 58.8 Å². The van der Waals surface area contributed by atoms with Crippen molar-refractivity contribution in [2.45, 2.75) is 12.8 Å². The highest BCUT2D eigenvalue weighted by atomic mass is 19.1. The SMILES string of the molecule is Nc1cncc(F)c1N1CCC(CN2CCOCC2)CC1. The molecule has 2 aliphatic heterocycles. The number of hydrogen-bond acceptors (Lipinski definition) is 5. The molecule has 0 bridgehead atoms. The molecular weight excluding hydrogens is 271 g/mol. The maximum atomic E-state index is 13.9. The van der Waals surface area contributed by atoms with Crippen LogP contribution in [0, 0.1) is 11.7 Å². The summed E-state index contributed by atoms with van der Waals surface area (Å²) in [5.74, 6) is 0.368. The molecule has 2 aliphatic rings. The summed E-state index contributed by atoms with van der Waals surface area (Å²) in [4.78, 5) is 8.32. The number of morpholine rings is 1. The molecule has 5 nitrogen and oxygen atoms in total. The minimum absolute atomic E-state index is 0.318. The number of aromatic nitrogens is 1. The molecule has 0 saturated carbocycles. The second kappa shape index (κ2) is 6.58. The van der Waals surface area contributed by atoms with E-state index in [4.69, 9.17) is 10.5 Å². The third-order valence-corrected chi connectivity index (χ3v) is 4.45. The molecule has 6 heteroatoms. The summed E-state index contributed by atoms with van der Waals surface area (Å²) in [6.45, 7) is 6.61. The van der Waals surface area contributed by atoms with Gasteiger partial charge in [0.15, 0.2) is 5.82 Å². The van der Waals surface area contributed by atoms with Crippen molar-refractivity contribution < 1.29 is 9.13 Å². The standard InChI is InChI=1S/C15H23FN4O/c16-13-9-18-10-14(17)15(13)20-3-1-12(2-4-20)11-19-5-7-21-8-6-19/h9-10,12H,1-8,11,17H2. The molecule has 0 atom stereocenters. The first-order valence-electron chi connectivity index (χ1n) is 7.68. The third-order valence-electron chi connectivity index (χ3n) is 4.45. The average molecular weight is 294 g/mol. The number of rotatable bonds is 3. The van der Waals surface area contributed by atoms with Gasteiger partial charge in [-0.05, 0) is 18.8 Å². The van der Waals surface area contributed by atoms with Gasteiger partial charge in [0.05, 0.1) is 37.0 Å². The number of halogens is 1. The van der Waals surface area contributed by atoms with Crippen LogP contribution in [-0.4, -0.2) is 55.8 Å². The molecule has 2 saturated heterocycles. The smallest absolute Gasteiger partial charge is 0.166 e. The fourth-order valence-electron chi connectivity index (χ4n) is 3.26. The second-order valence-corrected chi connectivity index (χ2v) is 5.90. The van der Waals surface area contributed by atoms with Crippen molar-refractivity contribution in [3.8, 4) is 0 Å². The highest BCUT2D eigenvalue weighted by molar-refractivity contribution is 5.66. The molecule has 0 radical (unpaired) electrons. The van der Waals surface area contributed by atoms with Crippen LogP contribution < -0.4 is 10.6 Å². The number of nitrogen functional groups attached to an aromatic ring is 1. The van der Waals surface area contributed by atoms with E-state index < -0.39 is 0 Å². The van der Waals surface area contributed by atoms with Crippen molar-refractivity contribution in [3.63, 3.8) is 0 Å². The zero-order valence-electron chi connectivity index (χ0n) is 12.3. The van der Waals surface area contributed by atoms with Crippen molar-refractivity contribution in [3.05, 3.63) is 18.2 Å². The summed E-state index contributed by atoms with van der Waals surface area (Å²) in [5, 5.41) is 0. The van der Waals surface area contributed by atoms with Crippen LogP contribution in [0.25, 0.3) is 0 Å². The number of hydrogen-bond donors (Lipinski definition) is 1. The fourth-order valence-corrected chi connectivity index (χ4v) is 3.26. The van der Waals surface area contributed by atoms with Gasteiger partial charge < -0.3 is 15.4 Å². The molecule has 0 unspecified atom stereocenters. The molecule has 3 rings (SSSR count). The lowest BCUT2D eigenvalue weighted by Gasteiger charge is -2.37. The molecule has 0 aliphatic carbocycles. The average Bonchev–Trinajstić information content (AvgIpc) is 2.50. The summed E-state index contributed by atoms with van der Waals surface area (Å²) in [7, 11) is 0. The number of piperidine rings is 1. The van der Waals surface area contributed by atoms with E-state index in [1.165, 1.54) is 12.4 Å². The molecule has 2 N–H and O–H groups in total. The Labute approximate surface area is 124 Å². The number of pyridine rings is 1. The van der Waals surface area contributed by atoms with E-state index in [1.54, 1.807) is 0 Å². The van der Waals surface area contributed by atoms with Crippen LogP contribution in [-0.2, 0) is 4.74 Å². The van der Waals surface area contributed by atoms with Gasteiger partial charge in [0.1, 0.15) is 0 Å². The maximum Gasteiger partial charge on any atom is 0.166 e. The molecule has 1 aromatic heterocycles. The van der Waals surface area contributed by atoms with Crippen molar-refractivity contribution in [1.29, 1.82) is 0 Å². The molecule has 116 valence electrons. The van der Waals surface area contributed by atoms with Crippen molar-refractivity contribution in [2.75, 3.05) is 56.6 Å². The first-order valence-corrected chi connectivity index (χ1v) is 7.68. The summed E-state index contributed by atoms with van der Waals surface area (Å²) < 4.78 is 19.3. The monoisotopic (exact) mass is 294 g/mol.